The van der Waals surface area contributed by atoms with Crippen molar-refractivity contribution in [3.8, 4) is 11.4 Å². The highest BCUT2D eigenvalue weighted by atomic mass is 16.3. The van der Waals surface area contributed by atoms with Crippen LogP contribution in [0.2, 0.25) is 0 Å². The van der Waals surface area contributed by atoms with Crippen molar-refractivity contribution in [2.75, 3.05) is 6.54 Å². The van der Waals surface area contributed by atoms with Gasteiger partial charge in [0, 0.05) is 6.54 Å². The van der Waals surface area contributed by atoms with E-state index in [0.29, 0.717) is 0 Å². The van der Waals surface area contributed by atoms with Crippen molar-refractivity contribution in [1.82, 2.24) is 15.1 Å². The lowest BCUT2D eigenvalue weighted by molar-refractivity contribution is 0.475. The van der Waals surface area contributed by atoms with E-state index in [1.165, 1.54) is 11.3 Å². The number of phenols is 1. The van der Waals surface area contributed by atoms with Gasteiger partial charge in [-0.25, -0.2) is 4.68 Å². The fraction of sp³-hybridized carbons (Fsp3) is 0.308. The molecule has 0 unspecified atom stereocenters. The first-order valence-electron chi connectivity index (χ1n) is 5.83. The molecule has 0 saturated carbocycles. The van der Waals surface area contributed by atoms with Crippen LogP contribution in [0.3, 0.4) is 0 Å². The average Bonchev–Trinajstić information content (AvgIpc) is 2.69. The van der Waals surface area contributed by atoms with Gasteiger partial charge in [-0.1, -0.05) is 0 Å². The fourth-order valence-corrected chi connectivity index (χ4v) is 2.34. The summed E-state index contributed by atoms with van der Waals surface area (Å²) in [6.45, 7) is 3.94. The number of hydrogen-bond acceptors (Lipinski definition) is 3. The Labute approximate surface area is 99.9 Å². The molecule has 0 spiro atoms. The predicted octanol–water partition coefficient (Wildman–Crippen LogP) is 1.53. The van der Waals surface area contributed by atoms with Crippen LogP contribution in [-0.2, 0) is 13.0 Å². The number of aromatic hydroxyl groups is 1. The van der Waals surface area contributed by atoms with E-state index < -0.39 is 0 Å². The van der Waals surface area contributed by atoms with Crippen molar-refractivity contribution in [2.45, 2.75) is 19.9 Å². The summed E-state index contributed by atoms with van der Waals surface area (Å²) in [6.07, 6.45) is 1.04. The average molecular weight is 229 g/mol. The summed E-state index contributed by atoms with van der Waals surface area (Å²) in [6, 6.07) is 7.15. The van der Waals surface area contributed by atoms with Crippen LogP contribution in [0, 0.1) is 6.92 Å². The van der Waals surface area contributed by atoms with Gasteiger partial charge in [0.05, 0.1) is 17.1 Å². The highest BCUT2D eigenvalue weighted by molar-refractivity contribution is 5.41. The quantitative estimate of drug-likeness (QED) is 0.779. The lowest BCUT2D eigenvalue weighted by Gasteiger charge is -2.15. The highest BCUT2D eigenvalue weighted by Gasteiger charge is 2.18. The maximum atomic E-state index is 9.31. The number of aryl methyl sites for hydroxylation is 1. The Morgan fingerprint density at radius 1 is 1.29 bits per heavy atom. The minimum atomic E-state index is 0.282. The van der Waals surface area contributed by atoms with Crippen LogP contribution in [0.25, 0.3) is 5.69 Å². The Hall–Kier alpha value is -1.81. The second-order valence-electron chi connectivity index (χ2n) is 4.37. The maximum Gasteiger partial charge on any atom is 0.115 e. The zero-order valence-electron chi connectivity index (χ0n) is 9.77. The van der Waals surface area contributed by atoms with Crippen LogP contribution < -0.4 is 5.32 Å². The van der Waals surface area contributed by atoms with Gasteiger partial charge in [0.2, 0.25) is 0 Å². The third-order valence-corrected chi connectivity index (χ3v) is 3.23. The van der Waals surface area contributed by atoms with E-state index in [0.717, 1.165) is 30.9 Å². The van der Waals surface area contributed by atoms with Crippen LogP contribution in [0.5, 0.6) is 5.75 Å². The van der Waals surface area contributed by atoms with E-state index in [-0.39, 0.29) is 5.75 Å². The van der Waals surface area contributed by atoms with Crippen LogP contribution in [-0.4, -0.2) is 21.4 Å². The van der Waals surface area contributed by atoms with Crippen LogP contribution in [0.1, 0.15) is 17.0 Å². The lowest BCUT2D eigenvalue weighted by Crippen LogP contribution is -2.25. The molecule has 0 bridgehead atoms. The second kappa shape index (κ2) is 3.89. The van der Waals surface area contributed by atoms with Gasteiger partial charge in [-0.05, 0) is 49.7 Å². The summed E-state index contributed by atoms with van der Waals surface area (Å²) in [7, 11) is 0. The zero-order valence-corrected chi connectivity index (χ0v) is 9.77. The standard InChI is InChI=1S/C13H15N3O/c1-9-12-6-7-14-8-13(12)16(15-9)10-2-4-11(17)5-3-10/h2-5,14,17H,6-8H2,1H3. The first kappa shape index (κ1) is 10.4. The topological polar surface area (TPSA) is 50.1 Å². The van der Waals surface area contributed by atoms with Crippen molar-refractivity contribution in [3.63, 3.8) is 0 Å². The molecule has 2 heterocycles. The monoisotopic (exact) mass is 229 g/mol. The van der Waals surface area contributed by atoms with Crippen molar-refractivity contribution in [3.05, 3.63) is 41.2 Å². The summed E-state index contributed by atoms with van der Waals surface area (Å²) >= 11 is 0. The number of fused-ring (bicyclic) bond motifs is 1. The lowest BCUT2D eigenvalue weighted by atomic mass is 10.1. The molecule has 1 aromatic carbocycles. The van der Waals surface area contributed by atoms with E-state index in [2.05, 4.69) is 17.3 Å². The molecule has 0 radical (unpaired) electrons. The number of phenolic OH excluding ortho intramolecular Hbond substituents is 1. The first-order chi connectivity index (χ1) is 8.25. The van der Waals surface area contributed by atoms with E-state index in [9.17, 15) is 5.11 Å². The van der Waals surface area contributed by atoms with Crippen molar-refractivity contribution in [1.29, 1.82) is 0 Å². The Bertz CT molecular complexity index is 543. The van der Waals surface area contributed by atoms with Gasteiger partial charge in [0.25, 0.3) is 0 Å². The summed E-state index contributed by atoms with van der Waals surface area (Å²) in [4.78, 5) is 0. The van der Waals surface area contributed by atoms with Gasteiger partial charge in [0.1, 0.15) is 5.75 Å². The maximum absolute atomic E-state index is 9.31. The zero-order chi connectivity index (χ0) is 11.8. The molecule has 4 heteroatoms. The van der Waals surface area contributed by atoms with E-state index in [1.54, 1.807) is 12.1 Å². The largest absolute Gasteiger partial charge is 0.508 e. The number of benzene rings is 1. The van der Waals surface area contributed by atoms with Gasteiger partial charge in [-0.15, -0.1) is 0 Å². The number of rotatable bonds is 1. The molecule has 0 saturated heterocycles. The predicted molar refractivity (Wildman–Crippen MR) is 65.4 cm³/mol. The molecule has 0 amide bonds. The Morgan fingerprint density at radius 2 is 2.06 bits per heavy atom. The molecule has 1 aromatic heterocycles. The molecule has 3 rings (SSSR count). The molecule has 4 nitrogen and oxygen atoms in total. The van der Waals surface area contributed by atoms with Gasteiger partial charge in [-0.3, -0.25) is 0 Å². The molecule has 0 aliphatic carbocycles. The van der Waals surface area contributed by atoms with E-state index >= 15 is 0 Å². The van der Waals surface area contributed by atoms with Gasteiger partial charge < -0.3 is 10.4 Å². The van der Waals surface area contributed by atoms with Gasteiger partial charge in [0.15, 0.2) is 0 Å². The number of hydrogen-bond donors (Lipinski definition) is 2. The molecule has 0 fully saturated rings. The molecule has 2 aromatic rings. The molecule has 17 heavy (non-hydrogen) atoms. The first-order valence-corrected chi connectivity index (χ1v) is 5.83. The molecular formula is C13H15N3O. The molecule has 1 aliphatic rings. The number of aromatic nitrogens is 2. The van der Waals surface area contributed by atoms with Crippen molar-refractivity contribution in [2.24, 2.45) is 0 Å². The van der Waals surface area contributed by atoms with Gasteiger partial charge in [-0.2, -0.15) is 5.10 Å². The van der Waals surface area contributed by atoms with Crippen LogP contribution in [0.15, 0.2) is 24.3 Å². The smallest absolute Gasteiger partial charge is 0.115 e. The number of nitrogens with zero attached hydrogens (tertiary/aromatic N) is 2. The second-order valence-corrected chi connectivity index (χ2v) is 4.37. The molecule has 1 aliphatic heterocycles. The fourth-order valence-electron chi connectivity index (χ4n) is 2.34. The SMILES string of the molecule is Cc1nn(-c2ccc(O)cc2)c2c1CCNC2. The normalized spacial score (nSPS) is 14.6. The summed E-state index contributed by atoms with van der Waals surface area (Å²) < 4.78 is 1.97. The Morgan fingerprint density at radius 3 is 2.82 bits per heavy atom. The van der Waals surface area contributed by atoms with E-state index in [4.69, 9.17) is 0 Å². The summed E-state index contributed by atoms with van der Waals surface area (Å²) in [5, 5.41) is 17.3. The molecule has 88 valence electrons. The minimum Gasteiger partial charge on any atom is -0.508 e. The van der Waals surface area contributed by atoms with Crippen molar-refractivity contribution < 1.29 is 5.11 Å². The van der Waals surface area contributed by atoms with E-state index in [1.807, 2.05) is 16.8 Å². The highest BCUT2D eigenvalue weighted by Crippen LogP contribution is 2.22. The molecular weight excluding hydrogens is 214 g/mol. The minimum absolute atomic E-state index is 0.282. The summed E-state index contributed by atoms with van der Waals surface area (Å²) in [5.74, 6) is 0.282. The van der Waals surface area contributed by atoms with Crippen molar-refractivity contribution >= 4 is 0 Å². The number of nitrogens with one attached hydrogen (secondary N) is 1. The van der Waals surface area contributed by atoms with Crippen LogP contribution >= 0.6 is 0 Å². The van der Waals surface area contributed by atoms with Gasteiger partial charge >= 0.3 is 0 Å². The van der Waals surface area contributed by atoms with Crippen LogP contribution in [0.4, 0.5) is 0 Å². The molecule has 2 N–H and O–H groups in total. The summed E-state index contributed by atoms with van der Waals surface area (Å²) in [5.41, 5.74) is 4.70. The third kappa shape index (κ3) is 1.70. The third-order valence-electron chi connectivity index (χ3n) is 3.23. The Balaban J connectivity index is 2.11. The Kier molecular flexibility index (Phi) is 2.37. The molecule has 0 atom stereocenters.